The molecule has 0 rings (SSSR count). The van der Waals surface area contributed by atoms with Crippen LogP contribution in [0.1, 0.15) is 0 Å². The summed E-state index contributed by atoms with van der Waals surface area (Å²) in [5.41, 5.74) is 0. The quantitative estimate of drug-likeness (QED) is 0.376. The lowest BCUT2D eigenvalue weighted by Crippen LogP contribution is -2.21. The van der Waals surface area contributed by atoms with Gasteiger partial charge in [-0.05, 0) is 0 Å². The second kappa shape index (κ2) is 5.75. The van der Waals surface area contributed by atoms with Crippen LogP contribution in [0, 0.1) is 0 Å². The van der Waals surface area contributed by atoms with Crippen LogP contribution >= 0.6 is 0 Å². The van der Waals surface area contributed by atoms with Gasteiger partial charge in [0.05, 0.1) is 13.2 Å². The Morgan fingerprint density at radius 1 is 0.750 bits per heavy atom. The van der Waals surface area contributed by atoms with Gasteiger partial charge in [-0.15, -0.1) is 0 Å². The summed E-state index contributed by atoms with van der Waals surface area (Å²) in [6.07, 6.45) is 0. The molecule has 0 amide bonds. The van der Waals surface area contributed by atoms with Crippen molar-refractivity contribution in [2.45, 2.75) is 11.5 Å². The summed E-state index contributed by atoms with van der Waals surface area (Å²) < 4.78 is 94.6. The second-order valence-corrected chi connectivity index (χ2v) is 5.31. The van der Waals surface area contributed by atoms with Crippen molar-refractivity contribution >= 4 is 20.2 Å². The largest absolute Gasteiger partial charge is 0.361 e. The number of hydrogen-bond donors (Lipinski definition) is 0. The normalized spacial score (nSPS) is 13.6. The third kappa shape index (κ3) is 5.05. The minimum atomic E-state index is -5.13. The topological polar surface area (TPSA) is 86.7 Å². The van der Waals surface area contributed by atoms with E-state index in [1.54, 1.807) is 0 Å². The zero-order chi connectivity index (χ0) is 13.0. The van der Waals surface area contributed by atoms with E-state index in [0.29, 0.717) is 0 Å². The maximum atomic E-state index is 11.6. The van der Waals surface area contributed by atoms with Gasteiger partial charge >= 0.3 is 31.8 Å². The van der Waals surface area contributed by atoms with Crippen molar-refractivity contribution in [2.75, 3.05) is 13.2 Å². The van der Waals surface area contributed by atoms with Crippen LogP contribution in [0.4, 0.5) is 17.6 Å². The van der Waals surface area contributed by atoms with Crippen LogP contribution in [0.25, 0.3) is 0 Å². The Morgan fingerprint density at radius 3 is 1.19 bits per heavy atom. The van der Waals surface area contributed by atoms with Crippen molar-refractivity contribution in [3.63, 3.8) is 0 Å². The molecule has 0 saturated heterocycles. The van der Waals surface area contributed by atoms with E-state index in [9.17, 15) is 34.4 Å². The van der Waals surface area contributed by atoms with Gasteiger partial charge in [0.2, 0.25) is 0 Å². The lowest BCUT2D eigenvalue weighted by Gasteiger charge is -2.05. The first kappa shape index (κ1) is 15.5. The number of rotatable bonds is 7. The Balaban J connectivity index is 4.05. The van der Waals surface area contributed by atoms with Gasteiger partial charge in [0.1, 0.15) is 0 Å². The van der Waals surface area contributed by atoms with E-state index in [-0.39, 0.29) is 0 Å². The number of hydrogen-bond acceptors (Lipinski definition) is 6. The molecular formula is C4H6F4O6S2. The first-order valence-corrected chi connectivity index (χ1v) is 6.36. The summed E-state index contributed by atoms with van der Waals surface area (Å²) in [7, 11) is -10.3. The SMILES string of the molecule is O=S(=O)(OCCOS(=O)(=O)C(F)F)C(F)F. The number of halogens is 4. The van der Waals surface area contributed by atoms with Crippen LogP contribution in [0.15, 0.2) is 0 Å². The predicted molar refractivity (Wildman–Crippen MR) is 41.8 cm³/mol. The van der Waals surface area contributed by atoms with Crippen molar-refractivity contribution in [3.8, 4) is 0 Å². The van der Waals surface area contributed by atoms with E-state index in [4.69, 9.17) is 0 Å². The fourth-order valence-electron chi connectivity index (χ4n) is 0.403. The Labute approximate surface area is 88.4 Å². The Bertz CT molecular complexity index is 360. The van der Waals surface area contributed by atoms with Crippen molar-refractivity contribution in [1.29, 1.82) is 0 Å². The summed E-state index contributed by atoms with van der Waals surface area (Å²) in [6.45, 7) is -2.22. The van der Waals surface area contributed by atoms with Gasteiger partial charge in [0.15, 0.2) is 0 Å². The highest BCUT2D eigenvalue weighted by atomic mass is 32.2. The third-order valence-electron chi connectivity index (χ3n) is 1.01. The highest BCUT2D eigenvalue weighted by Crippen LogP contribution is 2.09. The average molecular weight is 290 g/mol. The molecule has 16 heavy (non-hydrogen) atoms. The molecule has 0 radical (unpaired) electrons. The third-order valence-corrected chi connectivity index (χ3v) is 2.88. The van der Waals surface area contributed by atoms with Gasteiger partial charge < -0.3 is 0 Å². The van der Waals surface area contributed by atoms with E-state index in [1.807, 2.05) is 0 Å². The first-order chi connectivity index (χ1) is 7.09. The average Bonchev–Trinajstić information content (AvgIpc) is 2.12. The van der Waals surface area contributed by atoms with Crippen molar-refractivity contribution in [2.24, 2.45) is 0 Å². The van der Waals surface area contributed by atoms with Crippen molar-refractivity contribution < 1.29 is 42.8 Å². The molecule has 0 aliphatic carbocycles. The van der Waals surface area contributed by atoms with Crippen LogP contribution in [-0.2, 0) is 28.6 Å². The van der Waals surface area contributed by atoms with E-state index >= 15 is 0 Å². The summed E-state index contributed by atoms with van der Waals surface area (Å²) in [6, 6.07) is 0. The molecule has 6 nitrogen and oxygen atoms in total. The van der Waals surface area contributed by atoms with E-state index < -0.39 is 45.0 Å². The molecule has 0 aliphatic heterocycles. The Hall–Kier alpha value is -0.460. The van der Waals surface area contributed by atoms with Crippen LogP contribution in [-0.4, -0.2) is 41.6 Å². The molecule has 0 saturated carbocycles. The van der Waals surface area contributed by atoms with Crippen LogP contribution in [0.3, 0.4) is 0 Å². The van der Waals surface area contributed by atoms with Gasteiger partial charge in [-0.2, -0.15) is 34.4 Å². The molecule has 0 spiro atoms. The minimum absolute atomic E-state index is 1.11. The second-order valence-electron chi connectivity index (χ2n) is 2.15. The molecule has 0 aliphatic rings. The van der Waals surface area contributed by atoms with Gasteiger partial charge in [0.25, 0.3) is 0 Å². The van der Waals surface area contributed by atoms with Gasteiger partial charge in [-0.25, -0.2) is 0 Å². The first-order valence-electron chi connectivity index (χ1n) is 3.42. The Morgan fingerprint density at radius 2 is 1.00 bits per heavy atom. The van der Waals surface area contributed by atoms with Gasteiger partial charge in [-0.3, -0.25) is 8.37 Å². The molecule has 0 fully saturated rings. The minimum Gasteiger partial charge on any atom is -0.263 e. The van der Waals surface area contributed by atoms with Gasteiger partial charge in [0, 0.05) is 0 Å². The summed E-state index contributed by atoms with van der Waals surface area (Å²) in [5, 5.41) is 0. The van der Waals surface area contributed by atoms with Crippen molar-refractivity contribution in [3.05, 3.63) is 0 Å². The van der Waals surface area contributed by atoms with Crippen LogP contribution in [0.2, 0.25) is 0 Å². The highest BCUT2D eigenvalue weighted by molar-refractivity contribution is 7.87. The van der Waals surface area contributed by atoms with Crippen LogP contribution in [0.5, 0.6) is 0 Å². The van der Waals surface area contributed by atoms with E-state index in [1.165, 1.54) is 0 Å². The summed E-state index contributed by atoms with van der Waals surface area (Å²) in [4.78, 5) is 0. The molecule has 0 bridgehead atoms. The molecule has 0 unspecified atom stereocenters. The molecule has 0 aromatic carbocycles. The zero-order valence-electron chi connectivity index (χ0n) is 7.35. The standard InChI is InChI=1S/C4H6F4O6S2/c5-3(6)15(9,10)13-1-2-14-16(11,12)4(7)8/h3-4H,1-2H2. The molecule has 0 N–H and O–H groups in total. The smallest absolute Gasteiger partial charge is 0.263 e. The zero-order valence-corrected chi connectivity index (χ0v) is 8.98. The Kier molecular flexibility index (Phi) is 5.58. The summed E-state index contributed by atoms with van der Waals surface area (Å²) in [5.74, 6) is -7.61. The molecule has 0 aromatic rings. The maximum Gasteiger partial charge on any atom is 0.361 e. The molecular weight excluding hydrogens is 284 g/mol. The number of alkyl halides is 4. The summed E-state index contributed by atoms with van der Waals surface area (Å²) >= 11 is 0. The molecule has 98 valence electrons. The maximum absolute atomic E-state index is 11.6. The molecule has 0 heterocycles. The fourth-order valence-corrected chi connectivity index (χ4v) is 1.21. The highest BCUT2D eigenvalue weighted by Gasteiger charge is 2.27. The van der Waals surface area contributed by atoms with E-state index in [0.717, 1.165) is 0 Å². The predicted octanol–water partition coefficient (Wildman–Crippen LogP) is 0.124. The van der Waals surface area contributed by atoms with Crippen molar-refractivity contribution in [1.82, 2.24) is 0 Å². The monoisotopic (exact) mass is 290 g/mol. The molecule has 0 aromatic heterocycles. The molecule has 0 atom stereocenters. The van der Waals surface area contributed by atoms with Gasteiger partial charge in [-0.1, -0.05) is 0 Å². The lowest BCUT2D eigenvalue weighted by molar-refractivity contribution is 0.162. The lowest BCUT2D eigenvalue weighted by atomic mass is 10.8. The van der Waals surface area contributed by atoms with Crippen LogP contribution < -0.4 is 0 Å². The molecule has 12 heteroatoms. The fraction of sp³-hybridized carbons (Fsp3) is 1.00. The van der Waals surface area contributed by atoms with E-state index in [2.05, 4.69) is 8.37 Å².